The molecule has 0 aliphatic heterocycles. The lowest BCUT2D eigenvalue weighted by Gasteiger charge is -2.20. The van der Waals surface area contributed by atoms with Gasteiger partial charge in [0.25, 0.3) is 0 Å². The molecule has 0 spiro atoms. The van der Waals surface area contributed by atoms with Crippen molar-refractivity contribution in [2.24, 2.45) is 0 Å². The van der Waals surface area contributed by atoms with E-state index in [0.29, 0.717) is 12.8 Å². The zero-order valence-corrected chi connectivity index (χ0v) is 31.7. The Balaban J connectivity index is 4.46. The summed E-state index contributed by atoms with van der Waals surface area (Å²) in [6, 6.07) is 0. The molecule has 0 bridgehead atoms. The summed E-state index contributed by atoms with van der Waals surface area (Å²) in [5, 5.41) is 18.3. The molecule has 3 unspecified atom stereocenters. The second kappa shape index (κ2) is 35.1. The summed E-state index contributed by atoms with van der Waals surface area (Å²) in [7, 11) is -4.62. The largest absolute Gasteiger partial charge is 0.472 e. The molecule has 50 heavy (non-hydrogen) atoms. The number of hydrogen-bond donors (Lipinski definition) is 3. The van der Waals surface area contributed by atoms with E-state index in [1.807, 2.05) is 0 Å². The van der Waals surface area contributed by atoms with Gasteiger partial charge < -0.3 is 24.6 Å². The SMILES string of the molecule is CC/C=C\C/C=C\C/C=C\CCCCCC(=O)OC(COC(=O)CCCCCCC/C=C\C/C=C\CCCC)COP(=O)(O)OCC(O)CO. The van der Waals surface area contributed by atoms with Gasteiger partial charge in [-0.15, -0.1) is 0 Å². The fourth-order valence-electron chi connectivity index (χ4n) is 4.49. The van der Waals surface area contributed by atoms with Crippen LogP contribution in [0.25, 0.3) is 0 Å². The van der Waals surface area contributed by atoms with E-state index >= 15 is 0 Å². The number of phosphoric acid groups is 1. The quantitative estimate of drug-likeness (QED) is 0.0254. The number of aliphatic hydroxyl groups excluding tert-OH is 2. The lowest BCUT2D eigenvalue weighted by molar-refractivity contribution is -0.161. The highest BCUT2D eigenvalue weighted by Crippen LogP contribution is 2.43. The van der Waals surface area contributed by atoms with E-state index in [1.54, 1.807) is 0 Å². The van der Waals surface area contributed by atoms with Gasteiger partial charge in [-0.3, -0.25) is 18.6 Å². The number of esters is 2. The normalized spacial score (nSPS) is 14.7. The van der Waals surface area contributed by atoms with Gasteiger partial charge in [0.05, 0.1) is 19.8 Å². The maximum atomic E-state index is 12.5. The summed E-state index contributed by atoms with van der Waals surface area (Å²) in [4.78, 5) is 34.8. The lowest BCUT2D eigenvalue weighted by atomic mass is 10.1. The Morgan fingerprint density at radius 2 is 1.10 bits per heavy atom. The molecule has 0 radical (unpaired) electrons. The second-order valence-corrected chi connectivity index (χ2v) is 13.7. The first-order valence-electron chi connectivity index (χ1n) is 18.7. The maximum absolute atomic E-state index is 12.5. The van der Waals surface area contributed by atoms with Crippen LogP contribution in [-0.2, 0) is 32.7 Å². The minimum Gasteiger partial charge on any atom is -0.462 e. The standard InChI is InChI=1S/C39H67O10P/c1-3-5-7-9-11-13-15-17-19-20-22-24-26-28-30-38(42)46-34-37(35-48-50(44,45)47-33-36(41)32-40)49-39(43)31-29-27-25-23-21-18-16-14-12-10-8-6-4-2/h6,8-9,11-12,14-15,17-18,21,36-37,40-41H,3-5,7,10,13,16,19-20,22-35H2,1-2H3,(H,44,45)/b8-6-,11-9-,14-12-,17-15-,21-18-. The van der Waals surface area contributed by atoms with Crippen molar-refractivity contribution in [1.82, 2.24) is 0 Å². The van der Waals surface area contributed by atoms with Crippen LogP contribution in [0.3, 0.4) is 0 Å². The highest BCUT2D eigenvalue weighted by molar-refractivity contribution is 7.47. The summed E-state index contributed by atoms with van der Waals surface area (Å²) in [5.74, 6) is -0.984. The van der Waals surface area contributed by atoms with E-state index in [0.717, 1.165) is 83.5 Å². The van der Waals surface area contributed by atoms with Crippen molar-refractivity contribution in [3.63, 3.8) is 0 Å². The molecule has 0 aliphatic rings. The zero-order valence-electron chi connectivity index (χ0n) is 30.8. The molecular formula is C39H67O10P. The Morgan fingerprint density at radius 1 is 0.620 bits per heavy atom. The minimum absolute atomic E-state index is 0.143. The molecule has 11 heteroatoms. The van der Waals surface area contributed by atoms with Gasteiger partial charge in [-0.05, 0) is 70.6 Å². The number of carbonyl (C=O) groups excluding carboxylic acids is 2. The first-order valence-corrected chi connectivity index (χ1v) is 20.2. The Labute approximate surface area is 302 Å². The van der Waals surface area contributed by atoms with Gasteiger partial charge in [-0.25, -0.2) is 4.57 Å². The molecule has 0 saturated heterocycles. The van der Waals surface area contributed by atoms with Crippen LogP contribution in [0.1, 0.15) is 136 Å². The van der Waals surface area contributed by atoms with Crippen LogP contribution in [0.4, 0.5) is 0 Å². The molecule has 0 heterocycles. The number of ether oxygens (including phenoxy) is 2. The molecule has 0 aromatic heterocycles. The fourth-order valence-corrected chi connectivity index (χ4v) is 5.28. The summed E-state index contributed by atoms with van der Waals surface area (Å²) in [6.07, 6.45) is 36.2. The molecule has 0 aromatic carbocycles. The highest BCUT2D eigenvalue weighted by Gasteiger charge is 2.27. The average molecular weight is 727 g/mol. The summed E-state index contributed by atoms with van der Waals surface area (Å²) >= 11 is 0. The van der Waals surface area contributed by atoms with Gasteiger partial charge in [-0.1, -0.05) is 113 Å². The van der Waals surface area contributed by atoms with Crippen molar-refractivity contribution in [2.45, 2.75) is 148 Å². The average Bonchev–Trinajstić information content (AvgIpc) is 3.10. The predicted octanol–water partition coefficient (Wildman–Crippen LogP) is 9.16. The molecule has 0 amide bonds. The number of allylic oxidation sites excluding steroid dienone is 10. The smallest absolute Gasteiger partial charge is 0.462 e. The first kappa shape index (κ1) is 47.7. The van der Waals surface area contributed by atoms with Crippen molar-refractivity contribution >= 4 is 19.8 Å². The Kier molecular flexibility index (Phi) is 33.5. The topological polar surface area (TPSA) is 149 Å². The molecule has 3 atom stereocenters. The number of phosphoric ester groups is 1. The Hall–Kier alpha value is -2.33. The molecule has 10 nitrogen and oxygen atoms in total. The van der Waals surface area contributed by atoms with Gasteiger partial charge in [0, 0.05) is 12.8 Å². The second-order valence-electron chi connectivity index (χ2n) is 12.2. The van der Waals surface area contributed by atoms with Crippen LogP contribution in [0.15, 0.2) is 60.8 Å². The van der Waals surface area contributed by atoms with E-state index in [4.69, 9.17) is 19.1 Å². The third-order valence-corrected chi connectivity index (χ3v) is 8.36. The zero-order chi connectivity index (χ0) is 37.0. The van der Waals surface area contributed by atoms with Crippen LogP contribution in [-0.4, -0.2) is 65.7 Å². The van der Waals surface area contributed by atoms with Crippen LogP contribution < -0.4 is 0 Å². The first-order chi connectivity index (χ1) is 24.2. The third-order valence-electron chi connectivity index (χ3n) is 7.41. The number of hydrogen-bond acceptors (Lipinski definition) is 9. The summed E-state index contributed by atoms with van der Waals surface area (Å²) < 4.78 is 32.5. The minimum atomic E-state index is -4.62. The van der Waals surface area contributed by atoms with Gasteiger partial charge >= 0.3 is 19.8 Å². The van der Waals surface area contributed by atoms with Crippen molar-refractivity contribution in [3.05, 3.63) is 60.8 Å². The Bertz CT molecular complexity index is 1020. The molecule has 0 rings (SSSR count). The lowest BCUT2D eigenvalue weighted by Crippen LogP contribution is -2.29. The number of unbranched alkanes of at least 4 members (excludes halogenated alkanes) is 10. The summed E-state index contributed by atoms with van der Waals surface area (Å²) in [6.45, 7) is 2.14. The van der Waals surface area contributed by atoms with E-state index in [9.17, 15) is 24.2 Å². The van der Waals surface area contributed by atoms with Gasteiger partial charge in [0.1, 0.15) is 12.7 Å². The van der Waals surface area contributed by atoms with Crippen molar-refractivity contribution < 1.29 is 47.8 Å². The molecule has 288 valence electrons. The van der Waals surface area contributed by atoms with Crippen molar-refractivity contribution in [3.8, 4) is 0 Å². The van der Waals surface area contributed by atoms with E-state index in [-0.39, 0.29) is 19.4 Å². The molecule has 3 N–H and O–H groups in total. The number of aliphatic hydroxyl groups is 2. The van der Waals surface area contributed by atoms with E-state index in [1.165, 1.54) is 12.8 Å². The van der Waals surface area contributed by atoms with Crippen LogP contribution in [0.2, 0.25) is 0 Å². The Morgan fingerprint density at radius 3 is 1.68 bits per heavy atom. The molecular weight excluding hydrogens is 659 g/mol. The maximum Gasteiger partial charge on any atom is 0.472 e. The van der Waals surface area contributed by atoms with Crippen molar-refractivity contribution in [1.29, 1.82) is 0 Å². The number of rotatable bonds is 34. The van der Waals surface area contributed by atoms with Gasteiger partial charge in [0.2, 0.25) is 0 Å². The van der Waals surface area contributed by atoms with Gasteiger partial charge in [-0.2, -0.15) is 0 Å². The van der Waals surface area contributed by atoms with Crippen LogP contribution in [0, 0.1) is 0 Å². The monoisotopic (exact) mass is 726 g/mol. The van der Waals surface area contributed by atoms with E-state index in [2.05, 4.69) is 79.1 Å². The van der Waals surface area contributed by atoms with Crippen LogP contribution >= 0.6 is 7.82 Å². The molecule has 0 aliphatic carbocycles. The molecule has 0 saturated carbocycles. The predicted molar refractivity (Wildman–Crippen MR) is 200 cm³/mol. The number of carbonyl (C=O) groups is 2. The highest BCUT2D eigenvalue weighted by atomic mass is 31.2. The van der Waals surface area contributed by atoms with Gasteiger partial charge in [0.15, 0.2) is 6.10 Å². The fraction of sp³-hybridized carbons (Fsp3) is 0.692. The molecule has 0 aromatic rings. The van der Waals surface area contributed by atoms with Crippen LogP contribution in [0.5, 0.6) is 0 Å². The van der Waals surface area contributed by atoms with E-state index < -0.39 is 51.8 Å². The summed E-state index contributed by atoms with van der Waals surface area (Å²) in [5.41, 5.74) is 0. The van der Waals surface area contributed by atoms with Crippen molar-refractivity contribution in [2.75, 3.05) is 26.4 Å². The molecule has 0 fully saturated rings. The third kappa shape index (κ3) is 34.1.